The number of aliphatic hydroxyl groups is 5. The van der Waals surface area contributed by atoms with Crippen LogP contribution in [0.15, 0.2) is 0 Å². The van der Waals surface area contributed by atoms with E-state index < -0.39 is 13.4 Å². The lowest BCUT2D eigenvalue weighted by molar-refractivity contribution is 0.0450. The molecule has 0 saturated heterocycles. The summed E-state index contributed by atoms with van der Waals surface area (Å²) in [7, 11) is -2.17. The molecule has 0 spiro atoms. The molecule has 0 aromatic carbocycles. The Hall–Kier alpha value is -0.295. The molecular weight excluding hydrogens is 237 g/mol. The molecule has 17 heavy (non-hydrogen) atoms. The molecule has 10 heteroatoms. The van der Waals surface area contributed by atoms with E-state index in [4.69, 9.17) is 40.6 Å². The Balaban J connectivity index is -0.000000180. The van der Waals surface area contributed by atoms with Crippen molar-refractivity contribution in [1.29, 1.82) is 0 Å². The van der Waals surface area contributed by atoms with Crippen LogP contribution in [-0.4, -0.2) is 93.5 Å². The summed E-state index contributed by atoms with van der Waals surface area (Å²) >= 11 is 0. The molecule has 0 aliphatic heterocycles. The Kier molecular flexibility index (Phi) is 27.1. The van der Waals surface area contributed by atoms with Crippen molar-refractivity contribution >= 4 is 7.32 Å². The van der Waals surface area contributed by atoms with Gasteiger partial charge in [-0.1, -0.05) is 0 Å². The fourth-order valence-electron chi connectivity index (χ4n) is 0.341. The van der Waals surface area contributed by atoms with E-state index in [1.165, 1.54) is 0 Å². The van der Waals surface area contributed by atoms with Gasteiger partial charge in [-0.15, -0.1) is 0 Å². The SMILES string of the molecule is OB(O)O.OCC(O)CO.OCCNCCO. The molecule has 0 unspecified atom stereocenters. The molecule has 0 heterocycles. The molecule has 0 atom stereocenters. The Morgan fingerprint density at radius 3 is 1.24 bits per heavy atom. The van der Waals surface area contributed by atoms with E-state index in [0.29, 0.717) is 13.1 Å². The van der Waals surface area contributed by atoms with E-state index in [-0.39, 0.29) is 26.4 Å². The summed E-state index contributed by atoms with van der Waals surface area (Å²) in [5.41, 5.74) is 0. The van der Waals surface area contributed by atoms with Gasteiger partial charge in [-0.3, -0.25) is 0 Å². The van der Waals surface area contributed by atoms with Crippen molar-refractivity contribution in [2.75, 3.05) is 39.5 Å². The van der Waals surface area contributed by atoms with Crippen molar-refractivity contribution in [2.24, 2.45) is 0 Å². The monoisotopic (exact) mass is 259 g/mol. The first-order chi connectivity index (χ1) is 7.95. The molecule has 0 bridgehead atoms. The van der Waals surface area contributed by atoms with Crippen molar-refractivity contribution in [3.63, 3.8) is 0 Å². The standard InChI is InChI=1S/C4H11NO2.C3H8O3.BH3O3/c6-3-1-5-2-4-7;4-1-3(6)2-5;2-1(3)4/h5-7H,1-4H2;3-6H,1-2H2;2-4H. The Morgan fingerprint density at radius 1 is 0.824 bits per heavy atom. The number of hydrogen-bond donors (Lipinski definition) is 9. The number of aliphatic hydroxyl groups excluding tert-OH is 5. The van der Waals surface area contributed by atoms with Crippen LogP contribution in [0.3, 0.4) is 0 Å². The molecule has 9 nitrogen and oxygen atoms in total. The maximum absolute atomic E-state index is 8.17. The highest BCUT2D eigenvalue weighted by Gasteiger charge is 1.93. The summed E-state index contributed by atoms with van der Waals surface area (Å²) in [4.78, 5) is 0. The maximum atomic E-state index is 8.17. The minimum atomic E-state index is -2.17. The minimum absolute atomic E-state index is 0.139. The van der Waals surface area contributed by atoms with Crippen LogP contribution in [0.2, 0.25) is 0 Å². The first-order valence-electron chi connectivity index (χ1n) is 4.82. The number of nitrogens with one attached hydrogen (secondary N) is 1. The maximum Gasteiger partial charge on any atom is 0.631 e. The summed E-state index contributed by atoms with van der Waals surface area (Å²) in [6, 6.07) is 0. The molecule has 9 N–H and O–H groups in total. The van der Waals surface area contributed by atoms with E-state index in [9.17, 15) is 0 Å². The Morgan fingerprint density at radius 2 is 1.12 bits per heavy atom. The van der Waals surface area contributed by atoms with Gasteiger partial charge in [0.25, 0.3) is 0 Å². The van der Waals surface area contributed by atoms with Gasteiger partial charge in [0.05, 0.1) is 26.4 Å². The van der Waals surface area contributed by atoms with E-state index in [0.717, 1.165) is 0 Å². The van der Waals surface area contributed by atoms with Crippen LogP contribution in [0.5, 0.6) is 0 Å². The Bertz CT molecular complexity index is 109. The quantitative estimate of drug-likeness (QED) is 0.167. The third-order valence-electron chi connectivity index (χ3n) is 0.999. The third-order valence-corrected chi connectivity index (χ3v) is 0.999. The average molecular weight is 259 g/mol. The number of hydrogen-bond acceptors (Lipinski definition) is 9. The van der Waals surface area contributed by atoms with Crippen LogP contribution in [0.4, 0.5) is 0 Å². The van der Waals surface area contributed by atoms with Crippen molar-refractivity contribution in [2.45, 2.75) is 6.10 Å². The molecular formula is C7H22BNO8. The van der Waals surface area contributed by atoms with Gasteiger partial charge in [0.2, 0.25) is 0 Å². The topological polar surface area (TPSA) is 174 Å². The minimum Gasteiger partial charge on any atom is -0.402 e. The highest BCUT2D eigenvalue weighted by atomic mass is 16.5. The summed E-state index contributed by atoms with van der Waals surface area (Å²) < 4.78 is 0. The van der Waals surface area contributed by atoms with Crippen LogP contribution in [0.25, 0.3) is 0 Å². The van der Waals surface area contributed by atoms with Crippen LogP contribution >= 0.6 is 0 Å². The molecule has 0 radical (unpaired) electrons. The van der Waals surface area contributed by atoms with E-state index in [1.807, 2.05) is 0 Å². The molecule has 106 valence electrons. The molecule has 0 fully saturated rings. The lowest BCUT2D eigenvalue weighted by atomic mass is 10.3. The second-order valence-corrected chi connectivity index (χ2v) is 2.56. The Labute approximate surface area is 99.8 Å². The van der Waals surface area contributed by atoms with E-state index in [1.54, 1.807) is 0 Å². The second-order valence-electron chi connectivity index (χ2n) is 2.56. The molecule has 0 amide bonds. The van der Waals surface area contributed by atoms with Gasteiger partial charge in [-0.2, -0.15) is 0 Å². The largest absolute Gasteiger partial charge is 0.631 e. The predicted octanol–water partition coefficient (Wildman–Crippen LogP) is -5.16. The zero-order valence-electron chi connectivity index (χ0n) is 9.48. The molecule has 0 saturated carbocycles. The molecule has 0 aromatic rings. The van der Waals surface area contributed by atoms with Crippen LogP contribution in [-0.2, 0) is 0 Å². The zero-order valence-corrected chi connectivity index (χ0v) is 9.48. The smallest absolute Gasteiger partial charge is 0.402 e. The first kappa shape index (κ1) is 21.9. The molecule has 0 aliphatic carbocycles. The van der Waals surface area contributed by atoms with Crippen molar-refractivity contribution < 1.29 is 40.6 Å². The molecule has 0 aromatic heterocycles. The third kappa shape index (κ3) is 49.7. The fraction of sp³-hybridized carbons (Fsp3) is 1.00. The van der Waals surface area contributed by atoms with Crippen LogP contribution in [0.1, 0.15) is 0 Å². The van der Waals surface area contributed by atoms with Crippen molar-refractivity contribution in [1.82, 2.24) is 5.32 Å². The van der Waals surface area contributed by atoms with Gasteiger partial charge < -0.3 is 45.9 Å². The van der Waals surface area contributed by atoms with Crippen LogP contribution in [0, 0.1) is 0 Å². The molecule has 0 rings (SSSR count). The van der Waals surface area contributed by atoms with E-state index in [2.05, 4.69) is 5.32 Å². The van der Waals surface area contributed by atoms with E-state index >= 15 is 0 Å². The fourth-order valence-corrected chi connectivity index (χ4v) is 0.341. The predicted molar refractivity (Wildman–Crippen MR) is 59.6 cm³/mol. The molecule has 0 aliphatic rings. The summed E-state index contributed by atoms with van der Waals surface area (Å²) in [6.07, 6.45) is -0.954. The van der Waals surface area contributed by atoms with Gasteiger partial charge >= 0.3 is 7.32 Å². The van der Waals surface area contributed by atoms with Crippen molar-refractivity contribution in [3.8, 4) is 0 Å². The van der Waals surface area contributed by atoms with Crippen LogP contribution < -0.4 is 5.32 Å². The van der Waals surface area contributed by atoms with Gasteiger partial charge in [0.1, 0.15) is 6.10 Å². The highest BCUT2D eigenvalue weighted by Crippen LogP contribution is 1.71. The lowest BCUT2D eigenvalue weighted by Crippen LogP contribution is -2.21. The average Bonchev–Trinajstić information content (AvgIpc) is 2.29. The second kappa shape index (κ2) is 21.0. The van der Waals surface area contributed by atoms with Gasteiger partial charge in [-0.25, -0.2) is 0 Å². The summed E-state index contributed by atoms with van der Waals surface area (Å²) in [5, 5.41) is 64.6. The number of rotatable bonds is 6. The first-order valence-corrected chi connectivity index (χ1v) is 4.82. The lowest BCUT2D eigenvalue weighted by Gasteiger charge is -1.96. The summed E-state index contributed by atoms with van der Waals surface area (Å²) in [6.45, 7) is 0.689. The summed E-state index contributed by atoms with van der Waals surface area (Å²) in [5.74, 6) is 0. The van der Waals surface area contributed by atoms with Gasteiger partial charge in [0, 0.05) is 13.1 Å². The zero-order chi connectivity index (χ0) is 14.1. The normalized spacial score (nSPS) is 9.00. The highest BCUT2D eigenvalue weighted by molar-refractivity contribution is 6.30. The van der Waals surface area contributed by atoms with Gasteiger partial charge in [-0.05, 0) is 0 Å². The van der Waals surface area contributed by atoms with Gasteiger partial charge in [0.15, 0.2) is 0 Å². The van der Waals surface area contributed by atoms with Crippen molar-refractivity contribution in [3.05, 3.63) is 0 Å².